The molecule has 1 aromatic carbocycles. The van der Waals surface area contributed by atoms with Crippen LogP contribution in [0.15, 0.2) is 30.5 Å². The molecular weight excluding hydrogens is 296 g/mol. The molecule has 0 unspecified atom stereocenters. The van der Waals surface area contributed by atoms with Crippen molar-refractivity contribution in [2.45, 2.75) is 58.3 Å². The maximum Gasteiger partial charge on any atom is 0.220 e. The summed E-state index contributed by atoms with van der Waals surface area (Å²) in [5.41, 5.74) is 2.51. The third kappa shape index (κ3) is 4.00. The van der Waals surface area contributed by atoms with Crippen molar-refractivity contribution in [3.8, 4) is 0 Å². The van der Waals surface area contributed by atoms with Crippen LogP contribution in [0.5, 0.6) is 0 Å². The Hall–Kier alpha value is -1.77. The van der Waals surface area contributed by atoms with E-state index in [1.54, 1.807) is 0 Å². The number of hydrogen-bond acceptors (Lipinski definition) is 1. The van der Waals surface area contributed by atoms with Crippen molar-refractivity contribution in [3.05, 3.63) is 36.0 Å². The van der Waals surface area contributed by atoms with E-state index in [1.165, 1.54) is 48.6 Å². The summed E-state index contributed by atoms with van der Waals surface area (Å²) in [5.74, 6) is 1.65. The van der Waals surface area contributed by atoms with Gasteiger partial charge in [-0.25, -0.2) is 0 Å². The summed E-state index contributed by atoms with van der Waals surface area (Å²) < 4.78 is 0. The molecule has 1 saturated carbocycles. The van der Waals surface area contributed by atoms with E-state index in [1.807, 2.05) is 0 Å². The van der Waals surface area contributed by atoms with Gasteiger partial charge in [0.25, 0.3) is 0 Å². The zero-order valence-corrected chi connectivity index (χ0v) is 15.0. The molecule has 1 atom stereocenters. The van der Waals surface area contributed by atoms with Gasteiger partial charge in [-0.2, -0.15) is 0 Å². The second kappa shape index (κ2) is 7.87. The summed E-state index contributed by atoms with van der Waals surface area (Å²) in [6.07, 6.45) is 9.20. The summed E-state index contributed by atoms with van der Waals surface area (Å²) in [7, 11) is 0. The Morgan fingerprint density at radius 2 is 1.96 bits per heavy atom. The molecule has 3 nitrogen and oxygen atoms in total. The molecule has 1 fully saturated rings. The molecule has 0 radical (unpaired) electrons. The number of hydrogen-bond donors (Lipinski definition) is 2. The summed E-state index contributed by atoms with van der Waals surface area (Å²) in [6.45, 7) is 5.04. The molecule has 1 amide bonds. The molecule has 2 N–H and O–H groups in total. The molecule has 1 aromatic heterocycles. The van der Waals surface area contributed by atoms with Crippen molar-refractivity contribution < 1.29 is 4.79 Å². The fraction of sp³-hybridized carbons (Fsp3) is 0.571. The number of para-hydroxylation sites is 1. The van der Waals surface area contributed by atoms with Gasteiger partial charge in [-0.05, 0) is 42.2 Å². The van der Waals surface area contributed by atoms with E-state index in [9.17, 15) is 4.79 Å². The van der Waals surface area contributed by atoms with Gasteiger partial charge in [0.2, 0.25) is 5.91 Å². The number of amides is 1. The largest absolute Gasteiger partial charge is 0.361 e. The molecule has 1 aliphatic carbocycles. The van der Waals surface area contributed by atoms with Gasteiger partial charge in [0.1, 0.15) is 0 Å². The first kappa shape index (κ1) is 17.1. The highest BCUT2D eigenvalue weighted by molar-refractivity contribution is 5.85. The lowest BCUT2D eigenvalue weighted by molar-refractivity contribution is -0.122. The van der Waals surface area contributed by atoms with E-state index in [0.29, 0.717) is 24.2 Å². The Labute approximate surface area is 145 Å². The van der Waals surface area contributed by atoms with Crippen LogP contribution in [0.25, 0.3) is 10.9 Å². The molecule has 0 spiro atoms. The van der Waals surface area contributed by atoms with Crippen molar-refractivity contribution in [3.63, 3.8) is 0 Å². The first-order valence-corrected chi connectivity index (χ1v) is 9.48. The highest BCUT2D eigenvalue weighted by atomic mass is 16.1. The van der Waals surface area contributed by atoms with Crippen LogP contribution in [-0.4, -0.2) is 17.4 Å². The van der Waals surface area contributed by atoms with E-state index < -0.39 is 0 Å². The predicted octanol–water partition coefficient (Wildman–Crippen LogP) is 4.99. The highest BCUT2D eigenvalue weighted by Crippen LogP contribution is 2.40. The third-order valence-corrected chi connectivity index (χ3v) is 5.35. The number of aromatic nitrogens is 1. The second-order valence-electron chi connectivity index (χ2n) is 7.70. The number of benzene rings is 1. The molecular formula is C21H30N2O. The summed E-state index contributed by atoms with van der Waals surface area (Å²) >= 11 is 0. The fourth-order valence-corrected chi connectivity index (χ4v) is 4.06. The summed E-state index contributed by atoms with van der Waals surface area (Å²) in [4.78, 5) is 15.9. The lowest BCUT2D eigenvalue weighted by Gasteiger charge is -2.30. The Bertz CT molecular complexity index is 667. The van der Waals surface area contributed by atoms with Gasteiger partial charge in [-0.1, -0.05) is 51.3 Å². The normalized spacial score (nSPS) is 17.3. The first-order chi connectivity index (χ1) is 11.6. The molecule has 1 aliphatic rings. The van der Waals surface area contributed by atoms with Crippen LogP contribution in [0.3, 0.4) is 0 Å². The van der Waals surface area contributed by atoms with Gasteiger partial charge in [0.05, 0.1) is 0 Å². The van der Waals surface area contributed by atoms with E-state index in [2.05, 4.69) is 54.6 Å². The van der Waals surface area contributed by atoms with Gasteiger partial charge in [-0.15, -0.1) is 0 Å². The monoisotopic (exact) mass is 326 g/mol. The first-order valence-electron chi connectivity index (χ1n) is 9.48. The lowest BCUT2D eigenvalue weighted by atomic mass is 9.75. The Morgan fingerprint density at radius 3 is 2.71 bits per heavy atom. The maximum atomic E-state index is 12.5. The molecule has 130 valence electrons. The molecule has 24 heavy (non-hydrogen) atoms. The molecule has 0 aliphatic heterocycles. The van der Waals surface area contributed by atoms with E-state index in [4.69, 9.17) is 0 Å². The van der Waals surface area contributed by atoms with Crippen LogP contribution in [0, 0.1) is 11.8 Å². The number of carbonyl (C=O) groups is 1. The second-order valence-corrected chi connectivity index (χ2v) is 7.70. The number of rotatable bonds is 6. The third-order valence-electron chi connectivity index (χ3n) is 5.35. The van der Waals surface area contributed by atoms with Crippen LogP contribution in [0.1, 0.15) is 63.9 Å². The summed E-state index contributed by atoms with van der Waals surface area (Å²) in [6, 6.07) is 8.46. The van der Waals surface area contributed by atoms with Gasteiger partial charge < -0.3 is 10.3 Å². The van der Waals surface area contributed by atoms with Crippen LogP contribution in [0.2, 0.25) is 0 Å². The zero-order valence-electron chi connectivity index (χ0n) is 15.0. The molecule has 3 heteroatoms. The smallest absolute Gasteiger partial charge is 0.220 e. The van der Waals surface area contributed by atoms with Crippen molar-refractivity contribution in [2.24, 2.45) is 11.8 Å². The summed E-state index contributed by atoms with van der Waals surface area (Å²) in [5, 5.41) is 4.39. The van der Waals surface area contributed by atoms with Gasteiger partial charge >= 0.3 is 0 Å². The minimum Gasteiger partial charge on any atom is -0.361 e. The number of fused-ring (bicyclic) bond motifs is 1. The van der Waals surface area contributed by atoms with Crippen LogP contribution in [-0.2, 0) is 4.79 Å². The lowest BCUT2D eigenvalue weighted by Crippen LogP contribution is -2.30. The van der Waals surface area contributed by atoms with Gasteiger partial charge in [-0.3, -0.25) is 4.79 Å². The quantitative estimate of drug-likeness (QED) is 0.771. The average molecular weight is 326 g/mol. The SMILES string of the molecule is CC(C)CNC(=O)C[C@H](c1c[nH]c2ccccc12)C1CCCCC1. The molecule has 0 bridgehead atoms. The Kier molecular flexibility index (Phi) is 5.60. The minimum atomic E-state index is 0.199. The average Bonchev–Trinajstić information content (AvgIpc) is 3.02. The van der Waals surface area contributed by atoms with Crippen molar-refractivity contribution in [1.82, 2.24) is 10.3 Å². The number of aromatic amines is 1. The Morgan fingerprint density at radius 1 is 1.21 bits per heavy atom. The van der Waals surface area contributed by atoms with Crippen LogP contribution in [0.4, 0.5) is 0 Å². The van der Waals surface area contributed by atoms with Crippen molar-refractivity contribution in [1.29, 1.82) is 0 Å². The Balaban J connectivity index is 1.83. The van der Waals surface area contributed by atoms with Gasteiger partial charge in [0.15, 0.2) is 0 Å². The van der Waals surface area contributed by atoms with E-state index in [0.717, 1.165) is 6.54 Å². The number of carbonyl (C=O) groups excluding carboxylic acids is 1. The topological polar surface area (TPSA) is 44.9 Å². The molecule has 3 rings (SSSR count). The standard InChI is InChI=1S/C21H30N2O/c1-15(2)13-23-21(24)12-18(16-8-4-3-5-9-16)19-14-22-20-11-7-6-10-17(19)20/h6-7,10-11,14-16,18,22H,3-5,8-9,12-13H2,1-2H3,(H,23,24)/t18-/m0/s1. The van der Waals surface area contributed by atoms with E-state index >= 15 is 0 Å². The van der Waals surface area contributed by atoms with Gasteiger partial charge in [0, 0.05) is 30.1 Å². The zero-order chi connectivity index (χ0) is 16.9. The molecule has 2 aromatic rings. The molecule has 1 heterocycles. The fourth-order valence-electron chi connectivity index (χ4n) is 4.06. The number of H-pyrrole nitrogens is 1. The highest BCUT2D eigenvalue weighted by Gasteiger charge is 2.28. The maximum absolute atomic E-state index is 12.5. The van der Waals surface area contributed by atoms with Crippen LogP contribution >= 0.6 is 0 Å². The van der Waals surface area contributed by atoms with Crippen molar-refractivity contribution in [2.75, 3.05) is 6.54 Å². The predicted molar refractivity (Wildman–Crippen MR) is 100 cm³/mol. The molecule has 0 saturated heterocycles. The van der Waals surface area contributed by atoms with E-state index in [-0.39, 0.29) is 5.91 Å². The number of nitrogens with one attached hydrogen (secondary N) is 2. The van der Waals surface area contributed by atoms with Crippen LogP contribution < -0.4 is 5.32 Å². The van der Waals surface area contributed by atoms with Crippen molar-refractivity contribution >= 4 is 16.8 Å². The minimum absolute atomic E-state index is 0.199.